The molecule has 0 aliphatic heterocycles. The zero-order valence-corrected chi connectivity index (χ0v) is 11.5. The van der Waals surface area contributed by atoms with Gasteiger partial charge in [0.25, 0.3) is 0 Å². The molecule has 10 heteroatoms. The monoisotopic (exact) mass is 313 g/mol. The van der Waals surface area contributed by atoms with Gasteiger partial charge in [-0.05, 0) is 0 Å². The van der Waals surface area contributed by atoms with Gasteiger partial charge in [0, 0.05) is 25.9 Å². The van der Waals surface area contributed by atoms with E-state index >= 15 is 0 Å². The maximum absolute atomic E-state index is 11.3. The van der Waals surface area contributed by atoms with E-state index < -0.39 is 18.2 Å². The third kappa shape index (κ3) is 7.04. The number of likely N-dealkylation sites (N-methyl/N-ethyl adjacent to an activating group) is 1. The van der Waals surface area contributed by atoms with Crippen LogP contribution in [0, 0.1) is 0 Å². The van der Waals surface area contributed by atoms with E-state index in [2.05, 4.69) is 4.98 Å². The zero-order chi connectivity index (χ0) is 15.9. The molecule has 6 nitrogen and oxygen atoms in total. The number of aliphatic carboxylic acids is 1. The number of nitrogens with zero attached hydrogens (tertiary/aromatic N) is 2. The number of hydrogen-bond donors (Lipinski definition) is 2. The Kier molecular flexibility index (Phi) is 7.14. The molecule has 0 aromatic carbocycles. The summed E-state index contributed by atoms with van der Waals surface area (Å²) < 4.78 is 31.7. The average Bonchev–Trinajstić information content (AvgIpc) is 2.80. The minimum absolute atomic E-state index is 0.0620. The van der Waals surface area contributed by atoms with Crippen LogP contribution in [0.25, 0.3) is 0 Å². The van der Waals surface area contributed by atoms with E-state index in [1.807, 2.05) is 5.38 Å². The fourth-order valence-corrected chi connectivity index (χ4v) is 1.55. The van der Waals surface area contributed by atoms with Gasteiger partial charge in [-0.15, -0.1) is 11.3 Å². The Morgan fingerprint density at radius 1 is 1.50 bits per heavy atom. The zero-order valence-electron chi connectivity index (χ0n) is 10.7. The Bertz CT molecular complexity index is 435. The predicted molar refractivity (Wildman–Crippen MR) is 66.2 cm³/mol. The van der Waals surface area contributed by atoms with E-state index in [-0.39, 0.29) is 5.91 Å². The highest BCUT2D eigenvalue weighted by atomic mass is 32.1. The van der Waals surface area contributed by atoms with Gasteiger partial charge < -0.3 is 15.7 Å². The summed E-state index contributed by atoms with van der Waals surface area (Å²) in [7, 11) is 3.40. The quantitative estimate of drug-likeness (QED) is 0.858. The molecule has 114 valence electrons. The molecule has 0 aliphatic rings. The fraction of sp³-hybridized carbons (Fsp3) is 0.500. The van der Waals surface area contributed by atoms with Gasteiger partial charge in [-0.25, -0.2) is 9.78 Å². The van der Waals surface area contributed by atoms with Crippen molar-refractivity contribution < 1.29 is 27.9 Å². The van der Waals surface area contributed by atoms with Crippen LogP contribution in [0.4, 0.5) is 13.2 Å². The van der Waals surface area contributed by atoms with Crippen molar-refractivity contribution in [2.75, 3.05) is 14.1 Å². The molecule has 1 amide bonds. The van der Waals surface area contributed by atoms with Crippen LogP contribution in [0.3, 0.4) is 0 Å². The lowest BCUT2D eigenvalue weighted by atomic mass is 10.1. The predicted octanol–water partition coefficient (Wildman–Crippen LogP) is 0.734. The Hall–Kier alpha value is -1.68. The highest BCUT2D eigenvalue weighted by Crippen LogP contribution is 2.13. The number of carbonyl (C=O) groups excluding carboxylic acids is 1. The Labute approximate surface area is 117 Å². The molecule has 0 saturated carbocycles. The van der Waals surface area contributed by atoms with Gasteiger partial charge in [-0.3, -0.25) is 4.79 Å². The second-order valence-corrected chi connectivity index (χ2v) is 4.54. The maximum atomic E-state index is 11.3. The lowest BCUT2D eigenvalue weighted by Gasteiger charge is -2.15. The Morgan fingerprint density at radius 2 is 2.00 bits per heavy atom. The van der Waals surface area contributed by atoms with Gasteiger partial charge in [-0.2, -0.15) is 13.2 Å². The number of nitrogens with two attached hydrogens (primary N) is 1. The van der Waals surface area contributed by atoms with E-state index in [0.29, 0.717) is 6.42 Å². The molecule has 0 unspecified atom stereocenters. The van der Waals surface area contributed by atoms with Crippen molar-refractivity contribution in [2.24, 2.45) is 5.73 Å². The number of halogens is 3. The van der Waals surface area contributed by atoms with Crippen LogP contribution in [0.15, 0.2) is 10.9 Å². The molecule has 1 atom stereocenters. The molecule has 20 heavy (non-hydrogen) atoms. The Morgan fingerprint density at radius 3 is 2.30 bits per heavy atom. The first-order valence-corrected chi connectivity index (χ1v) is 6.14. The summed E-state index contributed by atoms with van der Waals surface area (Å²) in [6, 6.07) is -0.475. The standard InChI is InChI=1S/C8H13N3OS.C2HF3O2/c1-11(2)8(12)7(9)3-6-4-13-5-10-6;3-2(4,5)1(6)7/h4-5,7H,3,9H2,1-2H3;(H,6,7)/t7-;/m0./s1. The average molecular weight is 313 g/mol. The summed E-state index contributed by atoms with van der Waals surface area (Å²) in [5, 5.41) is 9.03. The molecule has 1 aromatic heterocycles. The number of amides is 1. The van der Waals surface area contributed by atoms with Crippen molar-refractivity contribution in [1.82, 2.24) is 9.88 Å². The molecule has 0 fully saturated rings. The number of aromatic nitrogens is 1. The molecule has 3 N–H and O–H groups in total. The lowest BCUT2D eigenvalue weighted by molar-refractivity contribution is -0.192. The highest BCUT2D eigenvalue weighted by Gasteiger charge is 2.38. The Balaban J connectivity index is 0.000000441. The molecule has 0 radical (unpaired) electrons. The van der Waals surface area contributed by atoms with Gasteiger partial charge in [0.1, 0.15) is 0 Å². The van der Waals surface area contributed by atoms with Gasteiger partial charge in [0.15, 0.2) is 0 Å². The number of alkyl halides is 3. The topological polar surface area (TPSA) is 96.5 Å². The maximum Gasteiger partial charge on any atom is 0.490 e. The number of rotatable bonds is 3. The largest absolute Gasteiger partial charge is 0.490 e. The SMILES string of the molecule is CN(C)C(=O)[C@@H](N)Cc1cscn1.O=C(O)C(F)(F)F. The van der Waals surface area contributed by atoms with Crippen molar-refractivity contribution in [3.63, 3.8) is 0 Å². The highest BCUT2D eigenvalue weighted by molar-refractivity contribution is 7.07. The normalized spacial score (nSPS) is 12.1. The first-order valence-electron chi connectivity index (χ1n) is 5.19. The molecule has 0 spiro atoms. The number of hydrogen-bond acceptors (Lipinski definition) is 5. The second kappa shape index (κ2) is 7.80. The summed E-state index contributed by atoms with van der Waals surface area (Å²) in [5.74, 6) is -2.82. The molecular formula is C10H14F3N3O3S. The second-order valence-electron chi connectivity index (χ2n) is 3.83. The number of thiazole rings is 1. The van der Waals surface area contributed by atoms with Crippen molar-refractivity contribution in [2.45, 2.75) is 18.6 Å². The van der Waals surface area contributed by atoms with Crippen LogP contribution in [0.2, 0.25) is 0 Å². The van der Waals surface area contributed by atoms with Gasteiger partial charge in [0.2, 0.25) is 5.91 Å². The van der Waals surface area contributed by atoms with E-state index in [1.54, 1.807) is 19.6 Å². The van der Waals surface area contributed by atoms with Crippen molar-refractivity contribution in [1.29, 1.82) is 0 Å². The van der Waals surface area contributed by atoms with E-state index in [4.69, 9.17) is 15.6 Å². The van der Waals surface area contributed by atoms with E-state index in [1.165, 1.54) is 16.2 Å². The van der Waals surface area contributed by atoms with Crippen LogP contribution in [0.5, 0.6) is 0 Å². The summed E-state index contributed by atoms with van der Waals surface area (Å²) in [6.45, 7) is 0. The lowest BCUT2D eigenvalue weighted by Crippen LogP contribution is -2.41. The van der Waals surface area contributed by atoms with Crippen LogP contribution in [-0.2, 0) is 16.0 Å². The van der Waals surface area contributed by atoms with Gasteiger partial charge >= 0.3 is 12.1 Å². The van der Waals surface area contributed by atoms with Crippen molar-refractivity contribution >= 4 is 23.2 Å². The van der Waals surface area contributed by atoms with E-state index in [0.717, 1.165) is 5.69 Å². The van der Waals surface area contributed by atoms with Gasteiger partial charge in [-0.1, -0.05) is 0 Å². The number of carbonyl (C=O) groups is 2. The smallest absolute Gasteiger partial charge is 0.475 e. The minimum atomic E-state index is -5.08. The number of carboxylic acid groups (broad SMARTS) is 1. The first kappa shape index (κ1) is 18.3. The molecule has 0 bridgehead atoms. The van der Waals surface area contributed by atoms with Crippen LogP contribution >= 0.6 is 11.3 Å². The number of carboxylic acids is 1. The summed E-state index contributed by atoms with van der Waals surface area (Å²) in [5.41, 5.74) is 8.30. The molecule has 0 aliphatic carbocycles. The third-order valence-corrected chi connectivity index (χ3v) is 2.55. The summed E-state index contributed by atoms with van der Waals surface area (Å²) in [4.78, 5) is 25.8. The first-order chi connectivity index (χ1) is 9.05. The van der Waals surface area contributed by atoms with Crippen LogP contribution < -0.4 is 5.73 Å². The van der Waals surface area contributed by atoms with Crippen LogP contribution in [-0.4, -0.2) is 53.2 Å². The molecule has 1 aromatic rings. The fourth-order valence-electron chi connectivity index (χ4n) is 0.983. The van der Waals surface area contributed by atoms with Crippen LogP contribution in [0.1, 0.15) is 5.69 Å². The third-order valence-electron chi connectivity index (χ3n) is 1.91. The summed E-state index contributed by atoms with van der Waals surface area (Å²) in [6.07, 6.45) is -4.57. The molecule has 1 rings (SSSR count). The van der Waals surface area contributed by atoms with Crippen molar-refractivity contribution in [3.05, 3.63) is 16.6 Å². The molecular weight excluding hydrogens is 299 g/mol. The van der Waals surface area contributed by atoms with Gasteiger partial charge in [0.05, 0.1) is 17.2 Å². The van der Waals surface area contributed by atoms with Crippen molar-refractivity contribution in [3.8, 4) is 0 Å². The summed E-state index contributed by atoms with van der Waals surface area (Å²) >= 11 is 1.51. The molecule has 1 heterocycles. The van der Waals surface area contributed by atoms with E-state index in [9.17, 15) is 18.0 Å². The molecule has 0 saturated heterocycles. The minimum Gasteiger partial charge on any atom is -0.475 e.